The van der Waals surface area contributed by atoms with Crippen LogP contribution in [-0.4, -0.2) is 62.1 Å². The molecule has 1 rings (SSSR count). The predicted molar refractivity (Wildman–Crippen MR) is 42.6 cm³/mol. The van der Waals surface area contributed by atoms with E-state index in [0.29, 0.717) is 0 Å². The van der Waals surface area contributed by atoms with E-state index in [1.54, 1.807) is 0 Å². The Kier molecular flexibility index (Phi) is 2.91. The van der Waals surface area contributed by atoms with Gasteiger partial charge >= 0.3 is 0 Å². The van der Waals surface area contributed by atoms with Gasteiger partial charge in [-0.1, -0.05) is 0 Å². The maximum Gasteiger partial charge on any atom is 0.133 e. The molecule has 4 unspecified atom stereocenters. The summed E-state index contributed by atoms with van der Waals surface area (Å²) < 4.78 is 0. The summed E-state index contributed by atoms with van der Waals surface area (Å²) in [5, 5.41) is 46.7. The smallest absolute Gasteiger partial charge is 0.133 e. The molecule has 0 aromatic rings. The van der Waals surface area contributed by atoms with Crippen molar-refractivity contribution in [2.24, 2.45) is 5.73 Å². The summed E-state index contributed by atoms with van der Waals surface area (Å²) in [6.45, 7) is -0.427. The molecule has 0 aliphatic heterocycles. The minimum absolute atomic E-state index is 0.176. The minimum Gasteiger partial charge on any atom is -0.390 e. The fraction of sp³-hybridized carbons (Fsp3) is 1.00. The molecule has 1 aliphatic carbocycles. The van der Waals surface area contributed by atoms with Crippen molar-refractivity contribution in [2.45, 2.75) is 36.4 Å². The SMILES string of the molecule is NCC1(O)C(O)C(O)CC(O)C1O. The average molecular weight is 193 g/mol. The topological polar surface area (TPSA) is 127 Å². The van der Waals surface area contributed by atoms with Gasteiger partial charge in [0.15, 0.2) is 0 Å². The Bertz CT molecular complexity index is 174. The first-order valence-corrected chi connectivity index (χ1v) is 4.08. The molecule has 7 N–H and O–H groups in total. The van der Waals surface area contributed by atoms with Crippen LogP contribution in [0.25, 0.3) is 0 Å². The van der Waals surface area contributed by atoms with Crippen molar-refractivity contribution in [3.05, 3.63) is 0 Å². The molecular weight excluding hydrogens is 178 g/mol. The number of hydrogen-bond acceptors (Lipinski definition) is 6. The van der Waals surface area contributed by atoms with Gasteiger partial charge in [0.1, 0.15) is 17.8 Å². The van der Waals surface area contributed by atoms with Crippen molar-refractivity contribution >= 4 is 0 Å². The van der Waals surface area contributed by atoms with E-state index in [4.69, 9.17) is 5.73 Å². The average Bonchev–Trinajstić information content (AvgIpc) is 2.12. The molecule has 0 radical (unpaired) electrons. The molecule has 0 spiro atoms. The quantitative estimate of drug-likeness (QED) is 0.257. The second kappa shape index (κ2) is 3.49. The summed E-state index contributed by atoms with van der Waals surface area (Å²) in [5.74, 6) is 0. The van der Waals surface area contributed by atoms with E-state index in [1.807, 2.05) is 0 Å². The number of nitrogens with two attached hydrogens (primary N) is 1. The normalized spacial score (nSPS) is 52.2. The Morgan fingerprint density at radius 2 is 1.46 bits per heavy atom. The number of rotatable bonds is 1. The third-order valence-electron chi connectivity index (χ3n) is 2.56. The van der Waals surface area contributed by atoms with Crippen LogP contribution in [0.2, 0.25) is 0 Å². The molecule has 0 amide bonds. The van der Waals surface area contributed by atoms with Gasteiger partial charge in [0.05, 0.1) is 12.2 Å². The largest absolute Gasteiger partial charge is 0.390 e. The Morgan fingerprint density at radius 3 is 1.77 bits per heavy atom. The predicted octanol–water partition coefficient (Wildman–Crippen LogP) is -3.48. The number of aliphatic hydroxyl groups excluding tert-OH is 4. The lowest BCUT2D eigenvalue weighted by atomic mass is 9.76. The molecular formula is C7H15NO5. The van der Waals surface area contributed by atoms with Gasteiger partial charge in [0.2, 0.25) is 0 Å². The van der Waals surface area contributed by atoms with Gasteiger partial charge in [-0.05, 0) is 0 Å². The molecule has 4 atom stereocenters. The van der Waals surface area contributed by atoms with E-state index < -0.39 is 36.6 Å². The Hall–Kier alpha value is -0.240. The first kappa shape index (κ1) is 10.8. The van der Waals surface area contributed by atoms with Crippen LogP contribution in [0.4, 0.5) is 0 Å². The van der Waals surface area contributed by atoms with Crippen molar-refractivity contribution in [1.29, 1.82) is 0 Å². The molecule has 6 heteroatoms. The fourth-order valence-electron chi connectivity index (χ4n) is 1.59. The highest BCUT2D eigenvalue weighted by molar-refractivity contribution is 5.04. The van der Waals surface area contributed by atoms with Gasteiger partial charge in [-0.3, -0.25) is 0 Å². The van der Waals surface area contributed by atoms with E-state index in [9.17, 15) is 25.5 Å². The highest BCUT2D eigenvalue weighted by atomic mass is 16.4. The van der Waals surface area contributed by atoms with E-state index in [-0.39, 0.29) is 6.42 Å². The van der Waals surface area contributed by atoms with Crippen LogP contribution < -0.4 is 5.73 Å². The number of aliphatic hydroxyl groups is 5. The maximum atomic E-state index is 9.61. The monoisotopic (exact) mass is 193 g/mol. The first-order valence-electron chi connectivity index (χ1n) is 4.08. The van der Waals surface area contributed by atoms with Crippen LogP contribution in [0.5, 0.6) is 0 Å². The van der Waals surface area contributed by atoms with Crippen LogP contribution in [-0.2, 0) is 0 Å². The maximum absolute atomic E-state index is 9.61. The van der Waals surface area contributed by atoms with Crippen LogP contribution in [0.15, 0.2) is 0 Å². The Morgan fingerprint density at radius 1 is 1.08 bits per heavy atom. The molecule has 13 heavy (non-hydrogen) atoms. The zero-order chi connectivity index (χ0) is 10.2. The Balaban J connectivity index is 2.88. The summed E-state index contributed by atoms with van der Waals surface area (Å²) >= 11 is 0. The standard InChI is InChI=1S/C7H15NO5/c8-2-7(13)5(11)3(9)1-4(10)6(7)12/h3-6,9-13H,1-2,8H2. The van der Waals surface area contributed by atoms with Crippen LogP contribution >= 0.6 is 0 Å². The molecule has 78 valence electrons. The molecule has 0 saturated heterocycles. The minimum atomic E-state index is -2.03. The summed E-state index contributed by atoms with van der Waals surface area (Å²) in [4.78, 5) is 0. The van der Waals surface area contributed by atoms with Crippen molar-refractivity contribution in [3.63, 3.8) is 0 Å². The lowest BCUT2D eigenvalue weighted by molar-refractivity contribution is -0.229. The fourth-order valence-corrected chi connectivity index (χ4v) is 1.59. The molecule has 0 aromatic heterocycles. The summed E-state index contributed by atoms with van der Waals surface area (Å²) in [5.41, 5.74) is 3.12. The summed E-state index contributed by atoms with van der Waals surface area (Å²) in [6, 6.07) is 0. The van der Waals surface area contributed by atoms with Crippen LogP contribution in [0.1, 0.15) is 6.42 Å². The van der Waals surface area contributed by atoms with Crippen molar-refractivity contribution < 1.29 is 25.5 Å². The molecule has 0 bridgehead atoms. The second-order valence-corrected chi connectivity index (χ2v) is 3.46. The molecule has 0 heterocycles. The van der Waals surface area contributed by atoms with E-state index in [0.717, 1.165) is 0 Å². The lowest BCUT2D eigenvalue weighted by Crippen LogP contribution is -2.68. The number of hydrogen-bond donors (Lipinski definition) is 6. The highest BCUT2D eigenvalue weighted by Gasteiger charge is 2.52. The van der Waals surface area contributed by atoms with Crippen molar-refractivity contribution in [1.82, 2.24) is 0 Å². The van der Waals surface area contributed by atoms with Crippen LogP contribution in [0.3, 0.4) is 0 Å². The molecule has 1 saturated carbocycles. The summed E-state index contributed by atoms with van der Waals surface area (Å²) in [6.07, 6.45) is -5.78. The van der Waals surface area contributed by atoms with Crippen LogP contribution in [0, 0.1) is 0 Å². The Labute approximate surface area is 75.2 Å². The molecule has 6 nitrogen and oxygen atoms in total. The third kappa shape index (κ3) is 1.56. The first-order chi connectivity index (χ1) is 5.93. The van der Waals surface area contributed by atoms with Gasteiger partial charge in [0.25, 0.3) is 0 Å². The second-order valence-electron chi connectivity index (χ2n) is 3.46. The van der Waals surface area contributed by atoms with Gasteiger partial charge in [-0.15, -0.1) is 0 Å². The molecule has 1 aliphatic rings. The van der Waals surface area contributed by atoms with Gasteiger partial charge in [0, 0.05) is 13.0 Å². The van der Waals surface area contributed by atoms with Crippen molar-refractivity contribution in [2.75, 3.05) is 6.54 Å². The lowest BCUT2D eigenvalue weighted by Gasteiger charge is -2.44. The van der Waals surface area contributed by atoms with Gasteiger partial charge in [-0.25, -0.2) is 0 Å². The van der Waals surface area contributed by atoms with E-state index in [2.05, 4.69) is 0 Å². The van der Waals surface area contributed by atoms with Gasteiger partial charge < -0.3 is 31.3 Å². The van der Waals surface area contributed by atoms with E-state index in [1.165, 1.54) is 0 Å². The third-order valence-corrected chi connectivity index (χ3v) is 2.56. The highest BCUT2D eigenvalue weighted by Crippen LogP contribution is 2.28. The van der Waals surface area contributed by atoms with E-state index >= 15 is 0 Å². The van der Waals surface area contributed by atoms with Crippen molar-refractivity contribution in [3.8, 4) is 0 Å². The molecule has 1 fully saturated rings. The zero-order valence-corrected chi connectivity index (χ0v) is 7.04. The van der Waals surface area contributed by atoms with Gasteiger partial charge in [-0.2, -0.15) is 0 Å². The zero-order valence-electron chi connectivity index (χ0n) is 7.04. The molecule has 0 aromatic carbocycles. The summed E-state index contributed by atoms with van der Waals surface area (Å²) in [7, 11) is 0.